The number of nitrogens with zero attached hydrogens (tertiary/aromatic N) is 2. The van der Waals surface area contributed by atoms with E-state index in [4.69, 9.17) is 5.73 Å². The van der Waals surface area contributed by atoms with Crippen LogP contribution in [0.2, 0.25) is 0 Å². The highest BCUT2D eigenvalue weighted by atomic mass is 19.1. The molecule has 0 fully saturated rings. The number of halogens is 1. The van der Waals surface area contributed by atoms with E-state index in [9.17, 15) is 9.18 Å². The molecule has 0 unspecified atom stereocenters. The number of hydrogen-bond acceptors (Lipinski definition) is 4. The van der Waals surface area contributed by atoms with E-state index in [2.05, 4.69) is 20.4 Å². The van der Waals surface area contributed by atoms with Crippen LogP contribution in [0.5, 0.6) is 0 Å². The van der Waals surface area contributed by atoms with Gasteiger partial charge in [0, 0.05) is 6.07 Å². The van der Waals surface area contributed by atoms with E-state index in [0.29, 0.717) is 5.69 Å². The molecule has 0 atom stereocenters. The van der Waals surface area contributed by atoms with Crippen LogP contribution in [0, 0.1) is 5.82 Å². The Balaban J connectivity index is 2.32. The number of aromatic nitrogens is 2. The lowest BCUT2D eigenvalue weighted by Gasteiger charge is -1.91. The summed E-state index contributed by atoms with van der Waals surface area (Å²) in [7, 11) is 0. The van der Waals surface area contributed by atoms with Gasteiger partial charge in [-0.2, -0.15) is 5.11 Å². The number of hydrogen-bond donors (Lipinski definition) is 3. The summed E-state index contributed by atoms with van der Waals surface area (Å²) in [5.74, 6) is -0.336. The summed E-state index contributed by atoms with van der Waals surface area (Å²) in [5.41, 5.74) is 5.23. The average molecular weight is 221 g/mol. The van der Waals surface area contributed by atoms with Crippen LogP contribution in [0.4, 0.5) is 21.6 Å². The maximum Gasteiger partial charge on any atom is 0.293 e. The van der Waals surface area contributed by atoms with Crippen molar-refractivity contribution in [1.29, 1.82) is 0 Å². The highest BCUT2D eigenvalue weighted by molar-refractivity contribution is 5.55. The van der Waals surface area contributed by atoms with E-state index < -0.39 is 11.4 Å². The van der Waals surface area contributed by atoms with Crippen molar-refractivity contribution < 1.29 is 4.39 Å². The predicted octanol–water partition coefficient (Wildman–Crippen LogP) is 1.84. The Morgan fingerprint density at radius 1 is 1.25 bits per heavy atom. The highest BCUT2D eigenvalue weighted by Crippen LogP contribution is 2.18. The Bertz CT molecular complexity index is 586. The Labute approximate surface area is 89.0 Å². The summed E-state index contributed by atoms with van der Waals surface area (Å²) < 4.78 is 12.8. The van der Waals surface area contributed by atoms with Gasteiger partial charge in [0.2, 0.25) is 0 Å². The average Bonchev–Trinajstić information content (AvgIpc) is 2.56. The minimum atomic E-state index is -0.474. The van der Waals surface area contributed by atoms with Crippen LogP contribution in [0.1, 0.15) is 0 Å². The largest absolute Gasteiger partial charge is 0.382 e. The zero-order chi connectivity index (χ0) is 11.5. The lowest BCUT2D eigenvalue weighted by atomic mass is 10.3. The molecule has 1 aromatic heterocycles. The van der Waals surface area contributed by atoms with Crippen LogP contribution < -0.4 is 11.3 Å². The quantitative estimate of drug-likeness (QED) is 0.674. The van der Waals surface area contributed by atoms with Crippen molar-refractivity contribution in [3.63, 3.8) is 0 Å². The SMILES string of the molecule is Nc1[nH][nH]c(=O)c1N=Nc1cccc(F)c1. The van der Waals surface area contributed by atoms with Crippen molar-refractivity contribution in [2.75, 3.05) is 5.73 Å². The number of aromatic amines is 2. The maximum absolute atomic E-state index is 12.8. The van der Waals surface area contributed by atoms with Crippen molar-refractivity contribution in [2.45, 2.75) is 0 Å². The molecule has 2 rings (SSSR count). The Kier molecular flexibility index (Phi) is 2.50. The fourth-order valence-electron chi connectivity index (χ4n) is 1.11. The first-order chi connectivity index (χ1) is 7.66. The Morgan fingerprint density at radius 3 is 2.69 bits per heavy atom. The maximum atomic E-state index is 12.8. The molecule has 82 valence electrons. The zero-order valence-electron chi connectivity index (χ0n) is 8.07. The van der Waals surface area contributed by atoms with Gasteiger partial charge in [-0.15, -0.1) is 5.11 Å². The van der Waals surface area contributed by atoms with E-state index in [1.54, 1.807) is 6.07 Å². The van der Waals surface area contributed by atoms with Crippen molar-refractivity contribution in [3.8, 4) is 0 Å². The van der Waals surface area contributed by atoms with E-state index in [1.165, 1.54) is 18.2 Å². The summed E-state index contributed by atoms with van der Waals surface area (Å²) in [4.78, 5) is 11.1. The van der Waals surface area contributed by atoms with Gasteiger partial charge in [0.05, 0.1) is 5.69 Å². The minimum absolute atomic E-state index is 0.0238. The zero-order valence-corrected chi connectivity index (χ0v) is 8.07. The molecule has 0 spiro atoms. The fraction of sp³-hybridized carbons (Fsp3) is 0. The molecular formula is C9H8FN5O. The predicted molar refractivity (Wildman–Crippen MR) is 56.4 cm³/mol. The number of nitrogens with two attached hydrogens (primary N) is 1. The van der Waals surface area contributed by atoms with E-state index in [0.717, 1.165) is 0 Å². The van der Waals surface area contributed by atoms with Crippen LogP contribution in [0.25, 0.3) is 0 Å². The van der Waals surface area contributed by atoms with Crippen molar-refractivity contribution in [2.24, 2.45) is 10.2 Å². The molecule has 1 aromatic carbocycles. The molecule has 6 nitrogen and oxygen atoms in total. The monoisotopic (exact) mass is 221 g/mol. The number of rotatable bonds is 2. The van der Waals surface area contributed by atoms with Crippen molar-refractivity contribution in [1.82, 2.24) is 10.2 Å². The van der Waals surface area contributed by atoms with Crippen LogP contribution in [0.3, 0.4) is 0 Å². The van der Waals surface area contributed by atoms with Gasteiger partial charge < -0.3 is 5.73 Å². The lowest BCUT2D eigenvalue weighted by molar-refractivity contribution is 0.628. The van der Waals surface area contributed by atoms with Crippen LogP contribution in [-0.4, -0.2) is 10.2 Å². The van der Waals surface area contributed by atoms with Crippen LogP contribution >= 0.6 is 0 Å². The second-order valence-corrected chi connectivity index (χ2v) is 3.02. The highest BCUT2D eigenvalue weighted by Gasteiger charge is 2.04. The lowest BCUT2D eigenvalue weighted by Crippen LogP contribution is -1.96. The molecule has 0 amide bonds. The molecule has 0 aliphatic rings. The first-order valence-corrected chi connectivity index (χ1v) is 4.40. The van der Waals surface area contributed by atoms with Crippen LogP contribution in [-0.2, 0) is 0 Å². The summed E-state index contributed by atoms with van der Waals surface area (Å²) in [6, 6.07) is 5.54. The summed E-state index contributed by atoms with van der Waals surface area (Å²) >= 11 is 0. The number of azo groups is 1. The second kappa shape index (κ2) is 3.97. The van der Waals surface area contributed by atoms with Crippen LogP contribution in [0.15, 0.2) is 39.3 Å². The summed E-state index contributed by atoms with van der Waals surface area (Å²) in [6.45, 7) is 0. The standard InChI is InChI=1S/C9H8FN5O/c10-5-2-1-3-6(4-5)12-13-7-8(11)14-15-9(7)16/h1-4H,(H4,11,14,15,16). The fourth-order valence-corrected chi connectivity index (χ4v) is 1.11. The number of benzene rings is 1. The molecular weight excluding hydrogens is 213 g/mol. The van der Waals surface area contributed by atoms with Gasteiger partial charge in [0.15, 0.2) is 5.69 Å². The molecule has 16 heavy (non-hydrogen) atoms. The second-order valence-electron chi connectivity index (χ2n) is 3.02. The van der Waals surface area contributed by atoms with Gasteiger partial charge in [-0.05, 0) is 12.1 Å². The third-order valence-electron chi connectivity index (χ3n) is 1.85. The van der Waals surface area contributed by atoms with Gasteiger partial charge in [-0.25, -0.2) is 4.39 Å². The van der Waals surface area contributed by atoms with Crippen molar-refractivity contribution in [3.05, 3.63) is 40.4 Å². The number of nitrogens with one attached hydrogen (secondary N) is 2. The molecule has 0 aliphatic carbocycles. The minimum Gasteiger partial charge on any atom is -0.382 e. The smallest absolute Gasteiger partial charge is 0.293 e. The molecule has 4 N–H and O–H groups in total. The molecule has 7 heteroatoms. The van der Waals surface area contributed by atoms with Gasteiger partial charge in [0.1, 0.15) is 11.6 Å². The summed E-state index contributed by atoms with van der Waals surface area (Å²) in [5, 5.41) is 12.0. The Morgan fingerprint density at radius 2 is 2.06 bits per heavy atom. The summed E-state index contributed by atoms with van der Waals surface area (Å²) in [6.07, 6.45) is 0. The Hall–Kier alpha value is -2.44. The third-order valence-corrected chi connectivity index (χ3v) is 1.85. The van der Waals surface area contributed by atoms with Gasteiger partial charge in [-0.1, -0.05) is 6.07 Å². The van der Waals surface area contributed by atoms with E-state index in [-0.39, 0.29) is 11.5 Å². The topological polar surface area (TPSA) is 99.4 Å². The molecule has 1 heterocycles. The van der Waals surface area contributed by atoms with Gasteiger partial charge in [0.25, 0.3) is 5.56 Å². The third kappa shape index (κ3) is 1.97. The molecule has 0 aliphatic heterocycles. The number of H-pyrrole nitrogens is 2. The molecule has 2 aromatic rings. The number of anilines is 1. The first kappa shape index (κ1) is 10.1. The van der Waals surface area contributed by atoms with E-state index >= 15 is 0 Å². The first-order valence-electron chi connectivity index (χ1n) is 4.40. The molecule has 0 bridgehead atoms. The van der Waals surface area contributed by atoms with E-state index in [1.807, 2.05) is 0 Å². The molecule has 0 saturated carbocycles. The van der Waals surface area contributed by atoms with Crippen molar-refractivity contribution >= 4 is 17.2 Å². The molecule has 0 saturated heterocycles. The molecule has 0 radical (unpaired) electrons. The van der Waals surface area contributed by atoms with Gasteiger partial charge in [-0.3, -0.25) is 15.0 Å². The number of nitrogen functional groups attached to an aromatic ring is 1. The normalized spacial score (nSPS) is 11.1. The van der Waals surface area contributed by atoms with Gasteiger partial charge >= 0.3 is 0 Å².